The number of aliphatic hydroxyl groups is 1. The number of carbonyl (C=O) groups is 3. The maximum Gasteiger partial charge on any atom is 0.337 e. The summed E-state index contributed by atoms with van der Waals surface area (Å²) in [4.78, 5) is 42.4. The molecule has 0 aromatic heterocycles. The van der Waals surface area contributed by atoms with Crippen LogP contribution in [0, 0.1) is 6.92 Å². The van der Waals surface area contributed by atoms with E-state index in [1.807, 2.05) is 64.0 Å². The predicted octanol–water partition coefficient (Wildman–Crippen LogP) is 5.26. The predicted molar refractivity (Wildman–Crippen MR) is 150 cm³/mol. The zero-order chi connectivity index (χ0) is 28.4. The number of rotatable bonds is 7. The van der Waals surface area contributed by atoms with Crippen molar-refractivity contribution in [1.82, 2.24) is 0 Å². The van der Waals surface area contributed by atoms with Crippen molar-refractivity contribution < 1.29 is 29.0 Å². The third kappa shape index (κ3) is 5.36. The van der Waals surface area contributed by atoms with Crippen LogP contribution in [0.3, 0.4) is 0 Å². The fraction of sp³-hybridized carbons (Fsp3) is 0.258. The first-order valence-corrected chi connectivity index (χ1v) is 12.6. The number of esters is 1. The number of nitrogens with zero attached hydrogens (tertiary/aromatic N) is 2. The molecule has 0 bridgehead atoms. The summed E-state index contributed by atoms with van der Waals surface area (Å²) < 4.78 is 10.6. The fourth-order valence-electron chi connectivity index (χ4n) is 4.61. The molecule has 1 aliphatic rings. The van der Waals surface area contributed by atoms with E-state index in [0.29, 0.717) is 22.6 Å². The van der Waals surface area contributed by atoms with Gasteiger partial charge in [-0.3, -0.25) is 14.5 Å². The van der Waals surface area contributed by atoms with Crippen molar-refractivity contribution >= 4 is 34.8 Å². The normalized spacial score (nSPS) is 16.5. The molecule has 3 aromatic rings. The van der Waals surface area contributed by atoms with Crippen molar-refractivity contribution in [2.24, 2.45) is 0 Å². The molecule has 1 aliphatic heterocycles. The molecule has 1 heterocycles. The standard InChI is InChI=1S/C31H32N2O6/c1-18(2)39-25-15-12-21(16-19(25)3)28(34)26-27(20-10-13-23(14-11-20)32(4)5)33(30(36)29(26)35)24-9-7-8-22(17-24)31(37)38-6/h7-18,27,34H,1-6H3/b28-26+. The molecular formula is C31H32N2O6. The van der Waals surface area contributed by atoms with Crippen LogP contribution in [0.25, 0.3) is 5.76 Å². The molecule has 8 heteroatoms. The summed E-state index contributed by atoms with van der Waals surface area (Å²) in [5.74, 6) is -1.83. The van der Waals surface area contributed by atoms with Crippen LogP contribution in [0.1, 0.15) is 46.9 Å². The highest BCUT2D eigenvalue weighted by atomic mass is 16.5. The average molecular weight is 529 g/mol. The van der Waals surface area contributed by atoms with Gasteiger partial charge in [-0.15, -0.1) is 0 Å². The molecule has 1 unspecified atom stereocenters. The number of aryl methyl sites for hydroxylation is 1. The minimum atomic E-state index is -0.930. The number of ketones is 1. The van der Waals surface area contributed by atoms with Gasteiger partial charge < -0.3 is 19.5 Å². The molecule has 8 nitrogen and oxygen atoms in total. The van der Waals surface area contributed by atoms with Crippen molar-refractivity contribution in [3.8, 4) is 5.75 Å². The van der Waals surface area contributed by atoms with Gasteiger partial charge in [-0.2, -0.15) is 0 Å². The Morgan fingerprint density at radius 2 is 1.67 bits per heavy atom. The van der Waals surface area contributed by atoms with Gasteiger partial charge in [0.2, 0.25) is 0 Å². The topological polar surface area (TPSA) is 96.4 Å². The van der Waals surface area contributed by atoms with E-state index < -0.39 is 23.7 Å². The summed E-state index contributed by atoms with van der Waals surface area (Å²) in [6.07, 6.45) is -0.0284. The molecule has 202 valence electrons. The number of hydrogen-bond acceptors (Lipinski definition) is 7. The van der Waals surface area contributed by atoms with Crippen LogP contribution in [-0.4, -0.2) is 50.1 Å². The van der Waals surface area contributed by atoms with Crippen LogP contribution >= 0.6 is 0 Å². The number of ether oxygens (including phenoxy) is 2. The third-order valence-electron chi connectivity index (χ3n) is 6.53. The highest BCUT2D eigenvalue weighted by molar-refractivity contribution is 6.51. The molecular weight excluding hydrogens is 496 g/mol. The van der Waals surface area contributed by atoms with Crippen molar-refractivity contribution in [3.63, 3.8) is 0 Å². The average Bonchev–Trinajstić information content (AvgIpc) is 3.18. The third-order valence-corrected chi connectivity index (χ3v) is 6.53. The quantitative estimate of drug-likeness (QED) is 0.193. The highest BCUT2D eigenvalue weighted by Gasteiger charge is 2.47. The number of Topliss-reactive ketones (excluding diaryl/α,β-unsaturated/α-hetero) is 1. The number of methoxy groups -OCH3 is 1. The monoisotopic (exact) mass is 528 g/mol. The van der Waals surface area contributed by atoms with Gasteiger partial charge in [-0.25, -0.2) is 4.79 Å². The summed E-state index contributed by atoms with van der Waals surface area (Å²) in [6, 6.07) is 17.9. The minimum absolute atomic E-state index is 0.0284. The summed E-state index contributed by atoms with van der Waals surface area (Å²) >= 11 is 0. The largest absolute Gasteiger partial charge is 0.507 e. The minimum Gasteiger partial charge on any atom is -0.507 e. The van der Waals surface area contributed by atoms with E-state index in [2.05, 4.69) is 0 Å². The highest BCUT2D eigenvalue weighted by Crippen LogP contribution is 2.43. The second-order valence-electron chi connectivity index (χ2n) is 9.84. The van der Waals surface area contributed by atoms with Gasteiger partial charge in [0.25, 0.3) is 11.7 Å². The number of benzene rings is 3. The second-order valence-corrected chi connectivity index (χ2v) is 9.84. The van der Waals surface area contributed by atoms with Crippen LogP contribution in [-0.2, 0) is 14.3 Å². The van der Waals surface area contributed by atoms with E-state index >= 15 is 0 Å². The van der Waals surface area contributed by atoms with Crippen LogP contribution in [0.4, 0.5) is 11.4 Å². The first-order chi connectivity index (χ1) is 18.5. The molecule has 1 saturated heterocycles. The van der Waals surface area contributed by atoms with Crippen molar-refractivity contribution in [1.29, 1.82) is 0 Å². The van der Waals surface area contributed by atoms with Gasteiger partial charge >= 0.3 is 5.97 Å². The SMILES string of the molecule is COC(=O)c1cccc(N2C(=O)C(=O)/C(=C(/O)c3ccc(OC(C)C)c(C)c3)C2c2ccc(N(C)C)cc2)c1. The van der Waals surface area contributed by atoms with Gasteiger partial charge in [0.15, 0.2) is 0 Å². The molecule has 0 spiro atoms. The van der Waals surface area contributed by atoms with Crippen LogP contribution < -0.4 is 14.5 Å². The lowest BCUT2D eigenvalue weighted by Crippen LogP contribution is -2.29. The number of hydrogen-bond donors (Lipinski definition) is 1. The molecule has 0 aliphatic carbocycles. The zero-order valence-electron chi connectivity index (χ0n) is 22.9. The maximum atomic E-state index is 13.5. The molecule has 39 heavy (non-hydrogen) atoms. The Hall–Kier alpha value is -4.59. The Morgan fingerprint density at radius 1 is 0.974 bits per heavy atom. The molecule has 1 atom stereocenters. The smallest absolute Gasteiger partial charge is 0.337 e. The van der Waals surface area contributed by atoms with Crippen molar-refractivity contribution in [3.05, 3.63) is 94.6 Å². The number of aliphatic hydroxyl groups excluding tert-OH is 1. The Morgan fingerprint density at radius 3 is 2.26 bits per heavy atom. The van der Waals surface area contributed by atoms with E-state index in [1.54, 1.807) is 36.4 Å². The lowest BCUT2D eigenvalue weighted by molar-refractivity contribution is -0.132. The number of amides is 1. The second kappa shape index (κ2) is 11.0. The Balaban J connectivity index is 1.90. The Bertz CT molecular complexity index is 1460. The molecule has 1 N–H and O–H groups in total. The van der Waals surface area contributed by atoms with Crippen LogP contribution in [0.15, 0.2) is 72.3 Å². The van der Waals surface area contributed by atoms with Gasteiger partial charge in [-0.05, 0) is 80.4 Å². The molecule has 0 radical (unpaired) electrons. The summed E-state index contributed by atoms with van der Waals surface area (Å²) in [5, 5.41) is 11.5. The first-order valence-electron chi connectivity index (χ1n) is 12.6. The van der Waals surface area contributed by atoms with E-state index in [4.69, 9.17) is 9.47 Å². The molecule has 4 rings (SSSR count). The Labute approximate surface area is 228 Å². The molecule has 1 fully saturated rings. The Kier molecular flexibility index (Phi) is 7.76. The van der Waals surface area contributed by atoms with Gasteiger partial charge in [0.05, 0.1) is 30.4 Å². The first kappa shape index (κ1) is 27.4. The molecule has 1 amide bonds. The van der Waals surface area contributed by atoms with Crippen molar-refractivity contribution in [2.75, 3.05) is 31.0 Å². The van der Waals surface area contributed by atoms with Gasteiger partial charge in [0, 0.05) is 31.0 Å². The van der Waals surface area contributed by atoms with E-state index in [0.717, 1.165) is 11.3 Å². The zero-order valence-corrected chi connectivity index (χ0v) is 22.9. The lowest BCUT2D eigenvalue weighted by atomic mass is 9.94. The lowest BCUT2D eigenvalue weighted by Gasteiger charge is -2.26. The van der Waals surface area contributed by atoms with E-state index in [1.165, 1.54) is 18.1 Å². The van der Waals surface area contributed by atoms with Gasteiger partial charge in [0.1, 0.15) is 11.5 Å². The number of anilines is 2. The van der Waals surface area contributed by atoms with E-state index in [-0.39, 0.29) is 23.0 Å². The van der Waals surface area contributed by atoms with E-state index in [9.17, 15) is 19.5 Å². The number of carbonyl (C=O) groups excluding carboxylic acids is 3. The van der Waals surface area contributed by atoms with Gasteiger partial charge in [-0.1, -0.05) is 18.2 Å². The van der Waals surface area contributed by atoms with Crippen LogP contribution in [0.2, 0.25) is 0 Å². The maximum absolute atomic E-state index is 13.5. The molecule has 0 saturated carbocycles. The summed E-state index contributed by atoms with van der Waals surface area (Å²) in [7, 11) is 5.09. The van der Waals surface area contributed by atoms with Crippen LogP contribution in [0.5, 0.6) is 5.75 Å². The summed E-state index contributed by atoms with van der Waals surface area (Å²) in [5.41, 5.74) is 3.24. The summed E-state index contributed by atoms with van der Waals surface area (Å²) in [6.45, 7) is 5.69. The van der Waals surface area contributed by atoms with Crippen molar-refractivity contribution in [2.45, 2.75) is 32.9 Å². The molecule has 3 aromatic carbocycles. The fourth-order valence-corrected chi connectivity index (χ4v) is 4.61.